The maximum absolute atomic E-state index is 13.0. The molecule has 0 spiro atoms. The molecule has 1 aromatic rings. The number of sulfonamides is 1. The number of rotatable bonds is 8. The van der Waals surface area contributed by atoms with Crippen molar-refractivity contribution in [2.75, 3.05) is 18.4 Å². The standard InChI is InChI=1S/C15H25N3O2S/c1-4-8-17-14-7-9-16-10-15(14)21(19,20)18(12(2)3)11-13-5-6-13/h7,9-10,12-13H,4-6,8,11H2,1-3H3,(H,16,17). The summed E-state index contributed by atoms with van der Waals surface area (Å²) in [4.78, 5) is 4.30. The van der Waals surface area contributed by atoms with E-state index >= 15 is 0 Å². The summed E-state index contributed by atoms with van der Waals surface area (Å²) in [5.74, 6) is 0.519. The topological polar surface area (TPSA) is 62.3 Å². The number of anilines is 1. The van der Waals surface area contributed by atoms with Crippen molar-refractivity contribution >= 4 is 15.7 Å². The first kappa shape index (κ1) is 16.2. The quantitative estimate of drug-likeness (QED) is 0.802. The van der Waals surface area contributed by atoms with Crippen LogP contribution < -0.4 is 5.32 Å². The van der Waals surface area contributed by atoms with Crippen molar-refractivity contribution in [3.63, 3.8) is 0 Å². The molecule has 0 unspecified atom stereocenters. The molecule has 1 aliphatic rings. The van der Waals surface area contributed by atoms with Crippen molar-refractivity contribution in [2.45, 2.75) is 51.0 Å². The Kier molecular flexibility index (Phi) is 5.22. The van der Waals surface area contributed by atoms with Gasteiger partial charge < -0.3 is 5.32 Å². The summed E-state index contributed by atoms with van der Waals surface area (Å²) in [6.45, 7) is 7.26. The van der Waals surface area contributed by atoms with Gasteiger partial charge in [-0.1, -0.05) is 6.92 Å². The van der Waals surface area contributed by atoms with E-state index in [1.54, 1.807) is 16.6 Å². The smallest absolute Gasteiger partial charge is 0.246 e. The molecule has 0 atom stereocenters. The maximum Gasteiger partial charge on any atom is 0.246 e. The molecular weight excluding hydrogens is 286 g/mol. The molecule has 0 radical (unpaired) electrons. The molecule has 1 aliphatic carbocycles. The molecule has 0 amide bonds. The van der Waals surface area contributed by atoms with Gasteiger partial charge >= 0.3 is 0 Å². The first-order valence-electron chi connectivity index (χ1n) is 7.66. The summed E-state index contributed by atoms with van der Waals surface area (Å²) < 4.78 is 27.5. The molecule has 1 saturated carbocycles. The molecule has 2 rings (SSSR count). The summed E-state index contributed by atoms with van der Waals surface area (Å²) in [6, 6.07) is 1.69. The molecular formula is C15H25N3O2S. The van der Waals surface area contributed by atoms with Crippen LogP contribution in [0.1, 0.15) is 40.0 Å². The monoisotopic (exact) mass is 311 g/mol. The Labute approximate surface area is 127 Å². The van der Waals surface area contributed by atoms with Gasteiger partial charge in [-0.05, 0) is 45.1 Å². The fraction of sp³-hybridized carbons (Fsp3) is 0.667. The molecule has 1 N–H and O–H groups in total. The van der Waals surface area contributed by atoms with E-state index in [0.29, 0.717) is 18.2 Å². The summed E-state index contributed by atoms with van der Waals surface area (Å²) in [6.07, 6.45) is 6.28. The van der Waals surface area contributed by atoms with E-state index in [-0.39, 0.29) is 10.9 Å². The van der Waals surface area contributed by atoms with E-state index in [2.05, 4.69) is 17.2 Å². The number of hydrogen-bond donors (Lipinski definition) is 1. The van der Waals surface area contributed by atoms with Gasteiger partial charge in [-0.2, -0.15) is 4.31 Å². The van der Waals surface area contributed by atoms with Crippen molar-refractivity contribution in [2.24, 2.45) is 5.92 Å². The maximum atomic E-state index is 13.0. The van der Waals surface area contributed by atoms with Crippen molar-refractivity contribution < 1.29 is 8.42 Å². The van der Waals surface area contributed by atoms with Crippen LogP contribution in [0.2, 0.25) is 0 Å². The summed E-state index contributed by atoms with van der Waals surface area (Å²) >= 11 is 0. The fourth-order valence-electron chi connectivity index (χ4n) is 2.26. The number of nitrogens with zero attached hydrogens (tertiary/aromatic N) is 2. The van der Waals surface area contributed by atoms with E-state index in [4.69, 9.17) is 0 Å². The Balaban J connectivity index is 2.32. The van der Waals surface area contributed by atoms with Crippen molar-refractivity contribution in [3.8, 4) is 0 Å². The summed E-state index contributed by atoms with van der Waals surface area (Å²) in [5, 5.41) is 3.19. The van der Waals surface area contributed by atoms with Crippen LogP contribution in [0.25, 0.3) is 0 Å². The van der Waals surface area contributed by atoms with Crippen molar-refractivity contribution in [1.29, 1.82) is 0 Å². The van der Waals surface area contributed by atoms with Gasteiger partial charge in [-0.3, -0.25) is 4.98 Å². The van der Waals surface area contributed by atoms with Crippen LogP contribution in [-0.2, 0) is 10.0 Å². The van der Waals surface area contributed by atoms with Crippen molar-refractivity contribution in [3.05, 3.63) is 18.5 Å². The van der Waals surface area contributed by atoms with Gasteiger partial charge in [0.25, 0.3) is 0 Å². The molecule has 118 valence electrons. The van der Waals surface area contributed by atoms with Crippen LogP contribution in [0.5, 0.6) is 0 Å². The first-order valence-corrected chi connectivity index (χ1v) is 9.10. The Bertz CT molecular complexity index is 568. The van der Waals surface area contributed by atoms with Gasteiger partial charge in [0.05, 0.1) is 5.69 Å². The first-order chi connectivity index (χ1) is 9.96. The minimum Gasteiger partial charge on any atom is -0.384 e. The molecule has 1 heterocycles. The average Bonchev–Trinajstić information content (AvgIpc) is 3.26. The van der Waals surface area contributed by atoms with Gasteiger partial charge in [0.1, 0.15) is 4.90 Å². The van der Waals surface area contributed by atoms with Crippen LogP contribution in [0.3, 0.4) is 0 Å². The molecule has 1 fully saturated rings. The Morgan fingerprint density at radius 3 is 2.71 bits per heavy atom. The Morgan fingerprint density at radius 1 is 1.43 bits per heavy atom. The zero-order valence-electron chi connectivity index (χ0n) is 13.0. The van der Waals surface area contributed by atoms with E-state index in [1.807, 2.05) is 13.8 Å². The Hall–Kier alpha value is -1.14. The van der Waals surface area contributed by atoms with E-state index < -0.39 is 10.0 Å². The lowest BCUT2D eigenvalue weighted by Gasteiger charge is -2.26. The molecule has 0 aromatic carbocycles. The SMILES string of the molecule is CCCNc1ccncc1S(=O)(=O)N(CC1CC1)C(C)C. The minimum absolute atomic E-state index is 0.0465. The summed E-state index contributed by atoms with van der Waals surface area (Å²) in [7, 11) is -3.51. The minimum atomic E-state index is -3.51. The number of hydrogen-bond acceptors (Lipinski definition) is 4. The third kappa shape index (κ3) is 3.95. The van der Waals surface area contributed by atoms with Gasteiger partial charge in [0.15, 0.2) is 0 Å². The largest absolute Gasteiger partial charge is 0.384 e. The second-order valence-corrected chi connectivity index (χ2v) is 7.77. The van der Waals surface area contributed by atoms with Gasteiger partial charge in [0, 0.05) is 31.5 Å². The lowest BCUT2D eigenvalue weighted by Crippen LogP contribution is -2.38. The zero-order chi connectivity index (χ0) is 15.5. The van der Waals surface area contributed by atoms with Crippen LogP contribution in [0, 0.1) is 5.92 Å². The number of pyridine rings is 1. The third-order valence-corrected chi connectivity index (χ3v) is 5.72. The molecule has 21 heavy (non-hydrogen) atoms. The molecule has 0 aliphatic heterocycles. The Morgan fingerprint density at radius 2 is 2.14 bits per heavy atom. The highest BCUT2D eigenvalue weighted by Crippen LogP contribution is 2.33. The zero-order valence-corrected chi connectivity index (χ0v) is 13.9. The van der Waals surface area contributed by atoms with Gasteiger partial charge in [-0.25, -0.2) is 8.42 Å². The van der Waals surface area contributed by atoms with Gasteiger partial charge in [0.2, 0.25) is 10.0 Å². The lowest BCUT2D eigenvalue weighted by molar-refractivity contribution is 0.342. The second kappa shape index (κ2) is 6.75. The number of nitrogens with one attached hydrogen (secondary N) is 1. The van der Waals surface area contributed by atoms with Crippen LogP contribution in [0.4, 0.5) is 5.69 Å². The predicted octanol–water partition coefficient (Wildman–Crippen LogP) is 2.71. The predicted molar refractivity (Wildman–Crippen MR) is 84.8 cm³/mol. The highest BCUT2D eigenvalue weighted by molar-refractivity contribution is 7.89. The van der Waals surface area contributed by atoms with Crippen LogP contribution >= 0.6 is 0 Å². The average molecular weight is 311 g/mol. The fourth-order valence-corrected chi connectivity index (χ4v) is 4.09. The molecule has 0 bridgehead atoms. The van der Waals surface area contributed by atoms with Crippen LogP contribution in [0.15, 0.2) is 23.4 Å². The van der Waals surface area contributed by atoms with Crippen molar-refractivity contribution in [1.82, 2.24) is 9.29 Å². The lowest BCUT2D eigenvalue weighted by atomic mass is 10.3. The second-order valence-electron chi connectivity index (χ2n) is 5.91. The molecule has 1 aromatic heterocycles. The third-order valence-electron chi connectivity index (χ3n) is 3.65. The highest BCUT2D eigenvalue weighted by atomic mass is 32.2. The number of aromatic nitrogens is 1. The highest BCUT2D eigenvalue weighted by Gasteiger charge is 2.34. The molecule has 5 nitrogen and oxygen atoms in total. The molecule has 6 heteroatoms. The van der Waals surface area contributed by atoms with Crippen LogP contribution in [-0.4, -0.2) is 36.8 Å². The normalized spacial score (nSPS) is 15.7. The van der Waals surface area contributed by atoms with Gasteiger partial charge in [-0.15, -0.1) is 0 Å². The van der Waals surface area contributed by atoms with E-state index in [1.165, 1.54) is 6.20 Å². The van der Waals surface area contributed by atoms with E-state index in [0.717, 1.165) is 25.8 Å². The summed E-state index contributed by atoms with van der Waals surface area (Å²) in [5.41, 5.74) is 0.647. The van der Waals surface area contributed by atoms with E-state index in [9.17, 15) is 8.42 Å². The molecule has 0 saturated heterocycles.